The lowest BCUT2D eigenvalue weighted by molar-refractivity contribution is 0.0946. The minimum Gasteiger partial charge on any atom is -0.384 e. The summed E-state index contributed by atoms with van der Waals surface area (Å²) in [7, 11) is 0. The maximum Gasteiger partial charge on any atom is 0.271 e. The van der Waals surface area contributed by atoms with E-state index >= 15 is 0 Å². The minimum atomic E-state index is -0.340. The third-order valence-corrected chi connectivity index (χ3v) is 4.41. The van der Waals surface area contributed by atoms with E-state index in [1.54, 1.807) is 23.5 Å². The van der Waals surface area contributed by atoms with Gasteiger partial charge in [0.25, 0.3) is 5.91 Å². The summed E-state index contributed by atoms with van der Waals surface area (Å²) in [5.74, 6) is -0.0746. The maximum absolute atomic E-state index is 11.9. The zero-order valence-corrected chi connectivity index (χ0v) is 12.3. The summed E-state index contributed by atoms with van der Waals surface area (Å²) in [5.41, 5.74) is 5.67. The molecule has 0 bridgehead atoms. The summed E-state index contributed by atoms with van der Waals surface area (Å²) in [5, 5.41) is 4.98. The second-order valence-corrected chi connectivity index (χ2v) is 5.70. The number of anilines is 1. The number of carbonyl (C=O) groups excluding carboxylic acids is 1. The molecule has 2 aromatic rings. The van der Waals surface area contributed by atoms with E-state index in [1.807, 2.05) is 11.4 Å². The standard InChI is InChI=1S/C11H9BrClN3OS/c12-6-3-4-18-8(6)5-15-11(17)10-7(13)1-2-9(14)16-10/h1-4H,5H2,(H2,14,16)(H,15,17). The fourth-order valence-corrected chi connectivity index (χ4v) is 2.94. The highest BCUT2D eigenvalue weighted by Crippen LogP contribution is 2.22. The number of thiophene rings is 1. The lowest BCUT2D eigenvalue weighted by atomic mass is 10.3. The van der Waals surface area contributed by atoms with Crippen LogP contribution in [0.3, 0.4) is 0 Å². The molecule has 0 saturated heterocycles. The van der Waals surface area contributed by atoms with Crippen LogP contribution >= 0.6 is 38.9 Å². The van der Waals surface area contributed by atoms with Crippen molar-refractivity contribution in [2.45, 2.75) is 6.54 Å². The molecule has 3 N–H and O–H groups in total. The number of hydrogen-bond donors (Lipinski definition) is 2. The van der Waals surface area contributed by atoms with E-state index in [0.717, 1.165) is 9.35 Å². The SMILES string of the molecule is Nc1ccc(Cl)c(C(=O)NCc2sccc2Br)n1. The lowest BCUT2D eigenvalue weighted by Crippen LogP contribution is -2.24. The topological polar surface area (TPSA) is 68.0 Å². The van der Waals surface area contributed by atoms with Crippen molar-refractivity contribution in [3.63, 3.8) is 0 Å². The molecule has 0 fully saturated rings. The van der Waals surface area contributed by atoms with Gasteiger partial charge in [0, 0.05) is 9.35 Å². The number of hydrogen-bond acceptors (Lipinski definition) is 4. The zero-order chi connectivity index (χ0) is 13.1. The average molecular weight is 347 g/mol. The number of nitrogens with two attached hydrogens (primary N) is 1. The van der Waals surface area contributed by atoms with Gasteiger partial charge in [0.2, 0.25) is 0 Å². The first-order valence-electron chi connectivity index (χ1n) is 5.00. The Hall–Kier alpha value is -1.11. The van der Waals surface area contributed by atoms with E-state index in [4.69, 9.17) is 17.3 Å². The van der Waals surface area contributed by atoms with Crippen LogP contribution in [0.1, 0.15) is 15.4 Å². The Morgan fingerprint density at radius 3 is 2.94 bits per heavy atom. The molecule has 2 aromatic heterocycles. The van der Waals surface area contributed by atoms with Crippen LogP contribution in [0.2, 0.25) is 5.02 Å². The van der Waals surface area contributed by atoms with Crippen molar-refractivity contribution < 1.29 is 4.79 Å². The number of pyridine rings is 1. The van der Waals surface area contributed by atoms with Crippen LogP contribution in [0.15, 0.2) is 28.1 Å². The van der Waals surface area contributed by atoms with E-state index in [0.29, 0.717) is 6.54 Å². The van der Waals surface area contributed by atoms with Gasteiger partial charge in [-0.05, 0) is 39.5 Å². The van der Waals surface area contributed by atoms with Crippen LogP contribution in [0.5, 0.6) is 0 Å². The molecular weight excluding hydrogens is 338 g/mol. The van der Waals surface area contributed by atoms with E-state index in [1.165, 1.54) is 0 Å². The quantitative estimate of drug-likeness (QED) is 0.897. The van der Waals surface area contributed by atoms with Crippen LogP contribution in [0, 0.1) is 0 Å². The van der Waals surface area contributed by atoms with Gasteiger partial charge in [-0.15, -0.1) is 11.3 Å². The van der Waals surface area contributed by atoms with Crippen molar-refractivity contribution in [1.29, 1.82) is 0 Å². The summed E-state index contributed by atoms with van der Waals surface area (Å²) in [6.07, 6.45) is 0. The molecule has 4 nitrogen and oxygen atoms in total. The molecule has 0 spiro atoms. The van der Waals surface area contributed by atoms with Gasteiger partial charge < -0.3 is 11.1 Å². The molecule has 2 heterocycles. The summed E-state index contributed by atoms with van der Waals surface area (Å²) in [6.45, 7) is 0.421. The first-order chi connectivity index (χ1) is 8.58. The van der Waals surface area contributed by atoms with Crippen LogP contribution in [0.25, 0.3) is 0 Å². The Bertz CT molecular complexity index is 587. The van der Waals surface area contributed by atoms with E-state index in [-0.39, 0.29) is 22.4 Å². The highest BCUT2D eigenvalue weighted by Gasteiger charge is 2.13. The van der Waals surface area contributed by atoms with Gasteiger partial charge in [-0.3, -0.25) is 4.79 Å². The number of amides is 1. The predicted octanol–water partition coefficient (Wildman–Crippen LogP) is 3.07. The van der Waals surface area contributed by atoms with Crippen LogP contribution < -0.4 is 11.1 Å². The molecule has 18 heavy (non-hydrogen) atoms. The number of halogens is 2. The van der Waals surface area contributed by atoms with Gasteiger partial charge in [-0.25, -0.2) is 4.98 Å². The Morgan fingerprint density at radius 2 is 2.28 bits per heavy atom. The fraction of sp³-hybridized carbons (Fsp3) is 0.0909. The second-order valence-electron chi connectivity index (χ2n) is 3.44. The van der Waals surface area contributed by atoms with E-state index in [9.17, 15) is 4.79 Å². The van der Waals surface area contributed by atoms with E-state index in [2.05, 4.69) is 26.2 Å². The molecule has 0 aliphatic rings. The normalized spacial score (nSPS) is 10.3. The molecule has 0 aliphatic heterocycles. The molecule has 0 aromatic carbocycles. The van der Waals surface area contributed by atoms with Gasteiger partial charge in [0.1, 0.15) is 11.5 Å². The van der Waals surface area contributed by atoms with Crippen molar-refractivity contribution in [3.8, 4) is 0 Å². The molecular formula is C11H9BrClN3OS. The highest BCUT2D eigenvalue weighted by molar-refractivity contribution is 9.10. The Balaban J connectivity index is 2.08. The van der Waals surface area contributed by atoms with Crippen LogP contribution in [-0.4, -0.2) is 10.9 Å². The number of carbonyl (C=O) groups is 1. The summed E-state index contributed by atoms with van der Waals surface area (Å²) < 4.78 is 0.972. The fourth-order valence-electron chi connectivity index (χ4n) is 1.31. The molecule has 0 atom stereocenters. The summed E-state index contributed by atoms with van der Waals surface area (Å²) >= 11 is 10.8. The molecule has 0 radical (unpaired) electrons. The number of nitrogens with one attached hydrogen (secondary N) is 1. The number of nitrogen functional groups attached to an aromatic ring is 1. The van der Waals surface area contributed by atoms with Gasteiger partial charge in [0.15, 0.2) is 0 Å². The first kappa shape index (κ1) is 13.3. The Labute approximate surface area is 121 Å². The highest BCUT2D eigenvalue weighted by atomic mass is 79.9. The van der Waals surface area contributed by atoms with Crippen molar-refractivity contribution in [1.82, 2.24) is 10.3 Å². The number of nitrogens with zero attached hydrogens (tertiary/aromatic N) is 1. The maximum atomic E-state index is 11.9. The smallest absolute Gasteiger partial charge is 0.271 e. The molecule has 0 aliphatic carbocycles. The monoisotopic (exact) mass is 345 g/mol. The first-order valence-corrected chi connectivity index (χ1v) is 7.05. The van der Waals surface area contributed by atoms with E-state index < -0.39 is 0 Å². The Kier molecular flexibility index (Phi) is 4.21. The van der Waals surface area contributed by atoms with Crippen molar-refractivity contribution in [2.75, 3.05) is 5.73 Å². The molecule has 94 valence electrons. The average Bonchev–Trinajstić information content (AvgIpc) is 2.75. The lowest BCUT2D eigenvalue weighted by Gasteiger charge is -2.06. The zero-order valence-electron chi connectivity index (χ0n) is 9.11. The molecule has 2 rings (SSSR count). The van der Waals surface area contributed by atoms with Gasteiger partial charge in [-0.1, -0.05) is 11.6 Å². The van der Waals surface area contributed by atoms with Crippen molar-refractivity contribution in [3.05, 3.63) is 43.6 Å². The third kappa shape index (κ3) is 3.01. The van der Waals surface area contributed by atoms with Gasteiger partial charge >= 0.3 is 0 Å². The molecule has 0 saturated carbocycles. The molecule has 7 heteroatoms. The molecule has 1 amide bonds. The molecule has 0 unspecified atom stereocenters. The van der Waals surface area contributed by atoms with Gasteiger partial charge in [0.05, 0.1) is 11.6 Å². The van der Waals surface area contributed by atoms with Gasteiger partial charge in [-0.2, -0.15) is 0 Å². The summed E-state index contributed by atoms with van der Waals surface area (Å²) in [4.78, 5) is 16.9. The Morgan fingerprint density at radius 1 is 1.50 bits per heavy atom. The van der Waals surface area contributed by atoms with Crippen molar-refractivity contribution >= 4 is 50.6 Å². The summed E-state index contributed by atoms with van der Waals surface area (Å²) in [6, 6.07) is 5.03. The third-order valence-electron chi connectivity index (χ3n) is 2.18. The number of aromatic nitrogens is 1. The van der Waals surface area contributed by atoms with Crippen LogP contribution in [0.4, 0.5) is 5.82 Å². The minimum absolute atomic E-state index is 0.143. The largest absolute Gasteiger partial charge is 0.384 e. The second kappa shape index (κ2) is 5.69. The van der Waals surface area contributed by atoms with Crippen LogP contribution in [-0.2, 0) is 6.54 Å². The predicted molar refractivity (Wildman–Crippen MR) is 76.8 cm³/mol. The number of rotatable bonds is 3. The van der Waals surface area contributed by atoms with Crippen molar-refractivity contribution in [2.24, 2.45) is 0 Å².